The molecule has 0 aromatic carbocycles. The fourth-order valence-electron chi connectivity index (χ4n) is 2.12. The van der Waals surface area contributed by atoms with E-state index in [0.29, 0.717) is 25.9 Å². The molecule has 1 aliphatic rings. The van der Waals surface area contributed by atoms with Crippen LogP contribution < -0.4 is 5.84 Å². The predicted molar refractivity (Wildman–Crippen MR) is 83.1 cm³/mol. The van der Waals surface area contributed by atoms with E-state index < -0.39 is 17.3 Å². The monoisotopic (exact) mass is 315 g/mol. The second kappa shape index (κ2) is 6.73. The van der Waals surface area contributed by atoms with Gasteiger partial charge in [0.25, 0.3) is 0 Å². The first-order valence-corrected chi connectivity index (χ1v) is 7.64. The first kappa shape index (κ1) is 18.5. The van der Waals surface area contributed by atoms with E-state index in [2.05, 4.69) is 0 Å². The third-order valence-corrected chi connectivity index (χ3v) is 3.11. The van der Waals surface area contributed by atoms with Crippen molar-refractivity contribution in [1.82, 2.24) is 9.91 Å². The normalized spacial score (nSPS) is 17.1. The number of carbonyl (C=O) groups excluding carboxylic acids is 2. The molecule has 2 N–H and O–H groups in total. The second-order valence-corrected chi connectivity index (χ2v) is 7.59. The van der Waals surface area contributed by atoms with Gasteiger partial charge in [0.05, 0.1) is 6.04 Å². The van der Waals surface area contributed by atoms with Crippen LogP contribution in [0.3, 0.4) is 0 Å². The van der Waals surface area contributed by atoms with Crippen LogP contribution in [0, 0.1) is 0 Å². The number of rotatable bonds is 1. The molecule has 0 aliphatic carbocycles. The molecule has 0 atom stereocenters. The van der Waals surface area contributed by atoms with Crippen LogP contribution in [0.25, 0.3) is 0 Å². The maximum Gasteiger partial charge on any atom is 0.424 e. The van der Waals surface area contributed by atoms with E-state index in [9.17, 15) is 9.59 Å². The van der Waals surface area contributed by atoms with Crippen LogP contribution in [0.1, 0.15) is 54.4 Å². The molecule has 7 heteroatoms. The van der Waals surface area contributed by atoms with Gasteiger partial charge in [-0.2, -0.15) is 0 Å². The molecule has 0 saturated carbocycles. The van der Waals surface area contributed by atoms with Gasteiger partial charge in [-0.05, 0) is 54.4 Å². The minimum Gasteiger partial charge on any atom is -0.444 e. The topological polar surface area (TPSA) is 85.1 Å². The molecule has 0 unspecified atom stereocenters. The zero-order chi connectivity index (χ0) is 17.1. The fourth-order valence-corrected chi connectivity index (χ4v) is 2.12. The van der Waals surface area contributed by atoms with E-state index in [1.807, 2.05) is 20.8 Å². The Morgan fingerprint density at radius 3 is 1.86 bits per heavy atom. The molecule has 1 fully saturated rings. The van der Waals surface area contributed by atoms with Gasteiger partial charge in [0.15, 0.2) is 0 Å². The van der Waals surface area contributed by atoms with Crippen LogP contribution >= 0.6 is 0 Å². The van der Waals surface area contributed by atoms with Crippen molar-refractivity contribution in [3.63, 3.8) is 0 Å². The van der Waals surface area contributed by atoms with Crippen LogP contribution in [0.2, 0.25) is 0 Å². The highest BCUT2D eigenvalue weighted by Gasteiger charge is 2.32. The summed E-state index contributed by atoms with van der Waals surface area (Å²) in [5.74, 6) is 5.85. The first-order valence-electron chi connectivity index (χ1n) is 7.64. The van der Waals surface area contributed by atoms with Gasteiger partial charge >= 0.3 is 12.2 Å². The molecular formula is C15H29N3O4. The van der Waals surface area contributed by atoms with Crippen molar-refractivity contribution in [2.24, 2.45) is 5.84 Å². The summed E-state index contributed by atoms with van der Waals surface area (Å²) in [6.07, 6.45) is 0.347. The number of nitrogens with zero attached hydrogens (tertiary/aromatic N) is 2. The standard InChI is InChI=1S/C15H29N3O4/c1-14(2,3)21-12(19)17-9-7-11(8-10-17)18(16)13(20)22-15(4,5)6/h11H,7-10,16H2,1-6H3. The minimum atomic E-state index is -0.577. The molecule has 7 nitrogen and oxygen atoms in total. The molecule has 1 aliphatic heterocycles. The van der Waals surface area contributed by atoms with Crippen LogP contribution in [-0.2, 0) is 9.47 Å². The van der Waals surface area contributed by atoms with Crippen molar-refractivity contribution < 1.29 is 19.1 Å². The summed E-state index contributed by atoms with van der Waals surface area (Å²) in [6.45, 7) is 11.9. The molecule has 2 amide bonds. The molecule has 0 bridgehead atoms. The largest absolute Gasteiger partial charge is 0.444 e. The number of amides is 2. The molecule has 1 heterocycles. The molecule has 0 aromatic rings. The summed E-state index contributed by atoms with van der Waals surface area (Å²) in [4.78, 5) is 25.6. The molecule has 0 radical (unpaired) electrons. The Morgan fingerprint density at radius 2 is 1.45 bits per heavy atom. The van der Waals surface area contributed by atoms with Crippen LogP contribution in [-0.4, -0.2) is 52.4 Å². The van der Waals surface area contributed by atoms with E-state index in [1.54, 1.807) is 25.7 Å². The lowest BCUT2D eigenvalue weighted by atomic mass is 10.1. The van der Waals surface area contributed by atoms with Crippen molar-refractivity contribution in [3.8, 4) is 0 Å². The average molecular weight is 315 g/mol. The highest BCUT2D eigenvalue weighted by Crippen LogP contribution is 2.19. The summed E-state index contributed by atoms with van der Waals surface area (Å²) < 4.78 is 10.6. The lowest BCUT2D eigenvalue weighted by Gasteiger charge is -2.37. The summed E-state index contributed by atoms with van der Waals surface area (Å²) in [5, 5.41) is 1.14. The highest BCUT2D eigenvalue weighted by molar-refractivity contribution is 5.69. The van der Waals surface area contributed by atoms with Crippen LogP contribution in [0.5, 0.6) is 0 Å². The number of piperidine rings is 1. The molecule has 0 aromatic heterocycles. The van der Waals surface area contributed by atoms with Crippen LogP contribution in [0.4, 0.5) is 9.59 Å². The van der Waals surface area contributed by atoms with E-state index in [-0.39, 0.29) is 12.1 Å². The Hall–Kier alpha value is -1.50. The van der Waals surface area contributed by atoms with Gasteiger partial charge < -0.3 is 14.4 Å². The smallest absolute Gasteiger partial charge is 0.424 e. The van der Waals surface area contributed by atoms with Crippen molar-refractivity contribution in [2.75, 3.05) is 13.1 Å². The van der Waals surface area contributed by atoms with Crippen molar-refractivity contribution in [3.05, 3.63) is 0 Å². The van der Waals surface area contributed by atoms with E-state index in [1.165, 1.54) is 0 Å². The number of likely N-dealkylation sites (tertiary alicyclic amines) is 1. The Kier molecular flexibility index (Phi) is 5.67. The number of carbonyl (C=O) groups is 2. The number of hydrazine groups is 1. The number of ether oxygens (including phenoxy) is 2. The lowest BCUT2D eigenvalue weighted by molar-refractivity contribution is 0.000130. The van der Waals surface area contributed by atoms with Crippen LogP contribution in [0.15, 0.2) is 0 Å². The number of hydrogen-bond acceptors (Lipinski definition) is 5. The molecule has 1 saturated heterocycles. The van der Waals surface area contributed by atoms with Gasteiger partial charge in [0.2, 0.25) is 0 Å². The first-order chi connectivity index (χ1) is 9.89. The Morgan fingerprint density at radius 1 is 1.00 bits per heavy atom. The third-order valence-electron chi connectivity index (χ3n) is 3.11. The van der Waals surface area contributed by atoms with Gasteiger partial charge in [-0.1, -0.05) is 0 Å². The van der Waals surface area contributed by atoms with E-state index >= 15 is 0 Å². The Labute approximate surface area is 132 Å². The maximum atomic E-state index is 12.0. The van der Waals surface area contributed by atoms with Crippen molar-refractivity contribution >= 4 is 12.2 Å². The average Bonchev–Trinajstić information content (AvgIpc) is 2.34. The van der Waals surface area contributed by atoms with E-state index in [4.69, 9.17) is 15.3 Å². The van der Waals surface area contributed by atoms with Gasteiger partial charge in [-0.15, -0.1) is 0 Å². The lowest BCUT2D eigenvalue weighted by Crippen LogP contribution is -2.53. The highest BCUT2D eigenvalue weighted by atomic mass is 16.6. The second-order valence-electron chi connectivity index (χ2n) is 7.59. The van der Waals surface area contributed by atoms with E-state index in [0.717, 1.165) is 5.01 Å². The summed E-state index contributed by atoms with van der Waals surface area (Å²) in [5.41, 5.74) is -1.09. The number of hydrogen-bond donors (Lipinski definition) is 1. The quantitative estimate of drug-likeness (QED) is 0.456. The fraction of sp³-hybridized carbons (Fsp3) is 0.867. The summed E-state index contributed by atoms with van der Waals surface area (Å²) in [7, 11) is 0. The minimum absolute atomic E-state index is 0.131. The van der Waals surface area contributed by atoms with Gasteiger partial charge in [-0.25, -0.2) is 20.4 Å². The zero-order valence-electron chi connectivity index (χ0n) is 14.5. The molecule has 128 valence electrons. The molecular weight excluding hydrogens is 286 g/mol. The molecule has 1 rings (SSSR count). The molecule has 0 spiro atoms. The summed E-state index contributed by atoms with van der Waals surface area (Å²) in [6, 6.07) is -0.131. The SMILES string of the molecule is CC(C)(C)OC(=O)N1CCC(N(N)C(=O)OC(C)(C)C)CC1. The Balaban J connectivity index is 2.48. The zero-order valence-corrected chi connectivity index (χ0v) is 14.5. The van der Waals surface area contributed by atoms with Gasteiger partial charge in [0, 0.05) is 13.1 Å². The number of nitrogens with two attached hydrogens (primary N) is 1. The van der Waals surface area contributed by atoms with Gasteiger partial charge in [-0.3, -0.25) is 0 Å². The Bertz CT molecular complexity index is 404. The predicted octanol–water partition coefficient (Wildman–Crippen LogP) is 2.50. The molecule has 22 heavy (non-hydrogen) atoms. The van der Waals surface area contributed by atoms with Gasteiger partial charge in [0.1, 0.15) is 11.2 Å². The van der Waals surface area contributed by atoms with Crippen molar-refractivity contribution in [1.29, 1.82) is 0 Å². The summed E-state index contributed by atoms with van der Waals surface area (Å²) >= 11 is 0. The van der Waals surface area contributed by atoms with Crippen molar-refractivity contribution in [2.45, 2.75) is 71.6 Å². The maximum absolute atomic E-state index is 12.0. The third kappa shape index (κ3) is 6.09.